The minimum atomic E-state index is -0.440. The van der Waals surface area contributed by atoms with Gasteiger partial charge in [-0.3, -0.25) is 9.79 Å². The van der Waals surface area contributed by atoms with Crippen LogP contribution in [0, 0.1) is 5.41 Å². The Morgan fingerprint density at radius 1 is 1.60 bits per heavy atom. The van der Waals surface area contributed by atoms with Gasteiger partial charge in [-0.1, -0.05) is 0 Å². The van der Waals surface area contributed by atoms with Crippen molar-refractivity contribution in [2.45, 2.75) is 20.8 Å². The molecule has 0 saturated heterocycles. The van der Waals surface area contributed by atoms with E-state index < -0.39 is 5.41 Å². The first-order valence-electron chi connectivity index (χ1n) is 3.08. The molecule has 0 aliphatic rings. The summed E-state index contributed by atoms with van der Waals surface area (Å²) in [6.45, 7) is 8.61. The Kier molecular flexibility index (Phi) is 3.06. The quantitative estimate of drug-likeness (QED) is 0.431. The Bertz CT molecular complexity index is 135. The highest BCUT2D eigenvalue weighted by Crippen LogP contribution is 2.14. The van der Waals surface area contributed by atoms with Crippen molar-refractivity contribution in [1.29, 1.82) is 0 Å². The van der Waals surface area contributed by atoms with Gasteiger partial charge in [-0.25, -0.2) is 0 Å². The fourth-order valence-corrected chi connectivity index (χ4v) is 0.321. The number of carbonyl (C=O) groups excluding carboxylic acids is 1. The number of rotatable bonds is 2. The second-order valence-electron chi connectivity index (χ2n) is 3.03. The summed E-state index contributed by atoms with van der Waals surface area (Å²) in [4.78, 5) is 14.3. The van der Waals surface area contributed by atoms with Crippen molar-refractivity contribution in [3.63, 3.8) is 0 Å². The summed E-state index contributed by atoms with van der Waals surface area (Å²) in [5.74, 6) is -0.250. The summed E-state index contributed by atoms with van der Waals surface area (Å²) < 4.78 is 4.69. The maximum absolute atomic E-state index is 10.9. The first-order valence-corrected chi connectivity index (χ1v) is 3.08. The van der Waals surface area contributed by atoms with E-state index in [2.05, 4.69) is 16.4 Å². The summed E-state index contributed by atoms with van der Waals surface area (Å²) in [5, 5.41) is 0. The van der Waals surface area contributed by atoms with Gasteiger partial charge in [0.25, 0.3) is 0 Å². The third-order valence-corrected chi connectivity index (χ3v) is 0.899. The van der Waals surface area contributed by atoms with Crippen molar-refractivity contribution in [1.82, 2.24) is 0 Å². The minimum absolute atomic E-state index is 0.0517. The number of carbonyl (C=O) groups is 1. The zero-order chi connectivity index (χ0) is 8.20. The highest BCUT2D eigenvalue weighted by atomic mass is 16.5. The molecule has 0 bridgehead atoms. The van der Waals surface area contributed by atoms with Crippen molar-refractivity contribution in [3.8, 4) is 0 Å². The molecule has 0 rings (SSSR count). The predicted molar refractivity (Wildman–Crippen MR) is 40.0 cm³/mol. The van der Waals surface area contributed by atoms with E-state index in [1.54, 1.807) is 20.8 Å². The van der Waals surface area contributed by atoms with Crippen LogP contribution in [0.1, 0.15) is 20.8 Å². The molecule has 0 spiro atoms. The summed E-state index contributed by atoms with van der Waals surface area (Å²) >= 11 is 0. The Balaban J connectivity index is 3.74. The predicted octanol–water partition coefficient (Wildman–Crippen LogP) is 1.23. The molecule has 0 unspecified atom stereocenters. The molecule has 0 saturated carbocycles. The normalized spacial score (nSPS) is 10.7. The second kappa shape index (κ2) is 3.34. The van der Waals surface area contributed by atoms with Crippen LogP contribution >= 0.6 is 0 Å². The highest BCUT2D eigenvalue weighted by Gasteiger charge is 2.22. The number of nitrogens with zero attached hydrogens (tertiary/aromatic N) is 1. The van der Waals surface area contributed by atoms with Gasteiger partial charge in [-0.2, -0.15) is 0 Å². The van der Waals surface area contributed by atoms with Crippen LogP contribution in [0.3, 0.4) is 0 Å². The Morgan fingerprint density at radius 3 is 2.40 bits per heavy atom. The Labute approximate surface area is 61.1 Å². The molecule has 0 amide bonds. The molecule has 0 aromatic heterocycles. The molecule has 0 aromatic carbocycles. The minimum Gasteiger partial charge on any atom is -0.442 e. The monoisotopic (exact) mass is 143 g/mol. The highest BCUT2D eigenvalue weighted by molar-refractivity contribution is 5.75. The lowest BCUT2D eigenvalue weighted by molar-refractivity contribution is -0.152. The average Bonchev–Trinajstić information content (AvgIpc) is 1.80. The lowest BCUT2D eigenvalue weighted by Crippen LogP contribution is -2.22. The molecule has 0 N–H and O–H groups in total. The number of ether oxygens (including phenoxy) is 1. The first kappa shape index (κ1) is 9.14. The zero-order valence-corrected chi connectivity index (χ0v) is 6.68. The van der Waals surface area contributed by atoms with Crippen molar-refractivity contribution in [2.75, 3.05) is 6.73 Å². The van der Waals surface area contributed by atoms with E-state index in [-0.39, 0.29) is 12.7 Å². The van der Waals surface area contributed by atoms with Gasteiger partial charge in [-0.05, 0) is 27.5 Å². The fourth-order valence-electron chi connectivity index (χ4n) is 0.321. The molecule has 3 nitrogen and oxygen atoms in total. The lowest BCUT2D eigenvalue weighted by Gasteiger charge is -2.14. The van der Waals surface area contributed by atoms with Crippen LogP contribution in [0.25, 0.3) is 0 Å². The number of hydrogen-bond donors (Lipinski definition) is 0. The van der Waals surface area contributed by atoms with Gasteiger partial charge in [-0.15, -0.1) is 0 Å². The van der Waals surface area contributed by atoms with E-state index in [0.717, 1.165) is 0 Å². The molecule has 0 atom stereocenters. The number of aliphatic imine (C=N–C) groups is 1. The standard InChI is InChI=1S/C7H13NO2/c1-7(2,3)6(9)10-5-8-4/h4-5H2,1-3H3. The molecular weight excluding hydrogens is 130 g/mol. The molecule has 0 aliphatic heterocycles. The zero-order valence-electron chi connectivity index (χ0n) is 6.68. The Hall–Kier alpha value is -0.860. The molecule has 58 valence electrons. The molecule has 10 heavy (non-hydrogen) atoms. The maximum Gasteiger partial charge on any atom is 0.313 e. The Morgan fingerprint density at radius 2 is 2.10 bits per heavy atom. The van der Waals surface area contributed by atoms with Crippen LogP contribution in [0.2, 0.25) is 0 Å². The third-order valence-electron chi connectivity index (χ3n) is 0.899. The molecule has 0 aromatic rings. The average molecular weight is 143 g/mol. The largest absolute Gasteiger partial charge is 0.442 e. The van der Waals surface area contributed by atoms with Crippen LogP contribution in [0.5, 0.6) is 0 Å². The molecule has 0 radical (unpaired) electrons. The summed E-state index contributed by atoms with van der Waals surface area (Å²) in [5.41, 5.74) is -0.440. The van der Waals surface area contributed by atoms with Crippen molar-refractivity contribution < 1.29 is 9.53 Å². The van der Waals surface area contributed by atoms with Crippen molar-refractivity contribution >= 4 is 12.7 Å². The smallest absolute Gasteiger partial charge is 0.313 e. The molecule has 0 heterocycles. The summed E-state index contributed by atoms with van der Waals surface area (Å²) in [7, 11) is 0. The number of hydrogen-bond acceptors (Lipinski definition) is 3. The summed E-state index contributed by atoms with van der Waals surface area (Å²) in [6.07, 6.45) is 0. The van der Waals surface area contributed by atoms with Gasteiger partial charge in [0.05, 0.1) is 5.41 Å². The molecule has 3 heteroatoms. The van der Waals surface area contributed by atoms with Gasteiger partial charge < -0.3 is 4.74 Å². The van der Waals surface area contributed by atoms with Crippen molar-refractivity contribution in [3.05, 3.63) is 0 Å². The van der Waals surface area contributed by atoms with E-state index in [9.17, 15) is 4.79 Å². The SMILES string of the molecule is C=NCOC(=O)C(C)(C)C. The van der Waals surface area contributed by atoms with E-state index in [0.29, 0.717) is 0 Å². The third kappa shape index (κ3) is 3.22. The number of esters is 1. The van der Waals surface area contributed by atoms with Gasteiger partial charge in [0.15, 0.2) is 6.73 Å². The van der Waals surface area contributed by atoms with Gasteiger partial charge in [0.2, 0.25) is 0 Å². The fraction of sp³-hybridized carbons (Fsp3) is 0.714. The van der Waals surface area contributed by atoms with Gasteiger partial charge >= 0.3 is 5.97 Å². The maximum atomic E-state index is 10.9. The second-order valence-corrected chi connectivity index (χ2v) is 3.03. The molecule has 0 fully saturated rings. The van der Waals surface area contributed by atoms with Gasteiger partial charge in [0.1, 0.15) is 0 Å². The van der Waals surface area contributed by atoms with Gasteiger partial charge in [0, 0.05) is 0 Å². The van der Waals surface area contributed by atoms with Crippen LogP contribution in [0.4, 0.5) is 0 Å². The van der Waals surface area contributed by atoms with Crippen LogP contribution in [-0.4, -0.2) is 19.4 Å². The van der Waals surface area contributed by atoms with Crippen molar-refractivity contribution in [2.24, 2.45) is 10.4 Å². The first-order chi connectivity index (χ1) is 4.48. The van der Waals surface area contributed by atoms with E-state index in [4.69, 9.17) is 0 Å². The van der Waals surface area contributed by atoms with E-state index >= 15 is 0 Å². The summed E-state index contributed by atoms with van der Waals surface area (Å²) in [6, 6.07) is 0. The van der Waals surface area contributed by atoms with E-state index in [1.807, 2.05) is 0 Å². The van der Waals surface area contributed by atoms with E-state index in [1.165, 1.54) is 0 Å². The lowest BCUT2D eigenvalue weighted by atomic mass is 9.98. The van der Waals surface area contributed by atoms with Crippen LogP contribution in [0.15, 0.2) is 4.99 Å². The molecular formula is C7H13NO2. The van der Waals surface area contributed by atoms with Crippen LogP contribution < -0.4 is 0 Å². The molecule has 0 aliphatic carbocycles. The topological polar surface area (TPSA) is 38.7 Å². The van der Waals surface area contributed by atoms with Crippen LogP contribution in [-0.2, 0) is 9.53 Å².